The Kier molecular flexibility index (Phi) is 4.62. The summed E-state index contributed by atoms with van der Waals surface area (Å²) in [7, 11) is 0. The van der Waals surface area contributed by atoms with Gasteiger partial charge in [-0.15, -0.1) is 0 Å². The fourth-order valence-electron chi connectivity index (χ4n) is 3.06. The lowest BCUT2D eigenvalue weighted by Gasteiger charge is -2.20. The summed E-state index contributed by atoms with van der Waals surface area (Å²) in [6, 6.07) is 13.5. The Labute approximate surface area is 148 Å². The van der Waals surface area contributed by atoms with Crippen LogP contribution in [0.2, 0.25) is 0 Å². The molecular weight excluding hydrogens is 312 g/mol. The molecule has 0 unspecified atom stereocenters. The van der Waals surface area contributed by atoms with Gasteiger partial charge >= 0.3 is 0 Å². The van der Waals surface area contributed by atoms with Gasteiger partial charge in [-0.05, 0) is 29.0 Å². The molecule has 4 nitrogen and oxygen atoms in total. The number of carbonyl (C=O) groups is 1. The summed E-state index contributed by atoms with van der Waals surface area (Å²) in [5, 5.41) is 2.97. The number of amides is 1. The summed E-state index contributed by atoms with van der Waals surface area (Å²) in [4.78, 5) is 26.2. The molecule has 1 aromatic heterocycles. The summed E-state index contributed by atoms with van der Waals surface area (Å²) in [5.74, 6) is 0.0743. The molecule has 0 saturated carbocycles. The van der Waals surface area contributed by atoms with Crippen molar-refractivity contribution < 1.29 is 4.79 Å². The monoisotopic (exact) mass is 336 g/mol. The molecule has 1 atom stereocenters. The van der Waals surface area contributed by atoms with Gasteiger partial charge in [0.2, 0.25) is 11.5 Å². The van der Waals surface area contributed by atoms with E-state index in [0.717, 1.165) is 23.3 Å². The van der Waals surface area contributed by atoms with Gasteiger partial charge in [0.25, 0.3) is 0 Å². The number of carbonyl (C=O) groups excluding carboxylic acids is 1. The zero-order valence-electron chi connectivity index (χ0n) is 14.9. The number of rotatable bonds is 3. The van der Waals surface area contributed by atoms with E-state index >= 15 is 0 Å². The maximum absolute atomic E-state index is 11.7. The molecule has 1 fully saturated rings. The molecule has 1 aliphatic heterocycles. The van der Waals surface area contributed by atoms with Crippen LogP contribution in [0.3, 0.4) is 0 Å². The SMILES string of the molecule is CC(C)(C)c1ccc(C(=C[C@H]2CCC(=O)N2)c2cccc(=O)[nH]2)cc1. The number of H-pyrrole nitrogens is 1. The third-order valence-electron chi connectivity index (χ3n) is 4.52. The van der Waals surface area contributed by atoms with E-state index in [-0.39, 0.29) is 22.9 Å². The molecule has 4 heteroatoms. The molecule has 1 saturated heterocycles. The molecule has 3 rings (SSSR count). The number of hydrogen-bond donors (Lipinski definition) is 2. The molecule has 25 heavy (non-hydrogen) atoms. The van der Waals surface area contributed by atoms with Gasteiger partial charge in [0, 0.05) is 29.8 Å². The van der Waals surface area contributed by atoms with Crippen LogP contribution in [-0.2, 0) is 10.2 Å². The van der Waals surface area contributed by atoms with Crippen molar-refractivity contribution in [1.29, 1.82) is 0 Å². The van der Waals surface area contributed by atoms with E-state index in [0.29, 0.717) is 6.42 Å². The molecule has 2 aromatic rings. The molecule has 130 valence electrons. The fourth-order valence-corrected chi connectivity index (χ4v) is 3.06. The van der Waals surface area contributed by atoms with Gasteiger partial charge in [-0.1, -0.05) is 57.2 Å². The molecule has 2 N–H and O–H groups in total. The molecule has 0 bridgehead atoms. The Balaban J connectivity index is 2.03. The lowest BCUT2D eigenvalue weighted by atomic mass is 9.86. The Morgan fingerprint density at radius 2 is 1.80 bits per heavy atom. The van der Waals surface area contributed by atoms with Gasteiger partial charge < -0.3 is 10.3 Å². The highest BCUT2D eigenvalue weighted by atomic mass is 16.2. The van der Waals surface area contributed by atoms with Crippen molar-refractivity contribution in [2.75, 3.05) is 0 Å². The number of hydrogen-bond acceptors (Lipinski definition) is 2. The van der Waals surface area contributed by atoms with Gasteiger partial charge in [0.1, 0.15) is 0 Å². The van der Waals surface area contributed by atoms with Crippen molar-refractivity contribution >= 4 is 11.5 Å². The second kappa shape index (κ2) is 6.71. The molecule has 0 aliphatic carbocycles. The van der Waals surface area contributed by atoms with Crippen LogP contribution >= 0.6 is 0 Å². The lowest BCUT2D eigenvalue weighted by Crippen LogP contribution is -2.23. The van der Waals surface area contributed by atoms with E-state index < -0.39 is 0 Å². The first-order chi connectivity index (χ1) is 11.8. The van der Waals surface area contributed by atoms with Crippen LogP contribution in [-0.4, -0.2) is 16.9 Å². The zero-order chi connectivity index (χ0) is 18.0. The van der Waals surface area contributed by atoms with E-state index in [9.17, 15) is 9.59 Å². The predicted molar refractivity (Wildman–Crippen MR) is 100 cm³/mol. The molecule has 1 aliphatic rings. The molecule has 0 spiro atoms. The smallest absolute Gasteiger partial charge is 0.248 e. The van der Waals surface area contributed by atoms with Gasteiger partial charge in [-0.25, -0.2) is 0 Å². The van der Waals surface area contributed by atoms with Crippen molar-refractivity contribution in [3.63, 3.8) is 0 Å². The highest BCUT2D eigenvalue weighted by Crippen LogP contribution is 2.27. The maximum Gasteiger partial charge on any atom is 0.248 e. The van der Waals surface area contributed by atoms with Crippen LogP contribution in [0.15, 0.2) is 53.3 Å². The minimum atomic E-state index is -0.134. The third kappa shape index (κ3) is 4.08. The van der Waals surface area contributed by atoms with E-state index in [1.54, 1.807) is 6.07 Å². The minimum Gasteiger partial charge on any atom is -0.350 e. The number of nitrogens with one attached hydrogen (secondary N) is 2. The van der Waals surface area contributed by atoms with Crippen LogP contribution in [0.1, 0.15) is 50.4 Å². The highest BCUT2D eigenvalue weighted by molar-refractivity contribution is 5.82. The van der Waals surface area contributed by atoms with Crippen molar-refractivity contribution in [2.24, 2.45) is 0 Å². The summed E-state index contributed by atoms with van der Waals surface area (Å²) < 4.78 is 0. The van der Waals surface area contributed by atoms with Crippen LogP contribution in [0, 0.1) is 0 Å². The maximum atomic E-state index is 11.7. The number of aromatic amines is 1. The topological polar surface area (TPSA) is 62.0 Å². The fraction of sp³-hybridized carbons (Fsp3) is 0.333. The Bertz CT molecular complexity index is 854. The standard InChI is InChI=1S/C21H24N2O2/c1-21(2,3)15-9-7-14(8-10-15)17(13-16-11-12-20(25)22-16)18-5-4-6-19(24)23-18/h4-10,13,16H,11-12H2,1-3H3,(H,22,25)(H,23,24)/t16-/m1/s1. The van der Waals surface area contributed by atoms with Crippen molar-refractivity contribution in [1.82, 2.24) is 10.3 Å². The van der Waals surface area contributed by atoms with Crippen molar-refractivity contribution in [3.8, 4) is 0 Å². The zero-order valence-corrected chi connectivity index (χ0v) is 14.9. The normalized spacial score (nSPS) is 18.3. The second-order valence-electron chi connectivity index (χ2n) is 7.55. The number of aromatic nitrogens is 1. The van der Waals surface area contributed by atoms with E-state index in [4.69, 9.17) is 0 Å². The van der Waals surface area contributed by atoms with Gasteiger partial charge in [0.15, 0.2) is 0 Å². The first-order valence-corrected chi connectivity index (χ1v) is 8.65. The van der Waals surface area contributed by atoms with Crippen molar-refractivity contribution in [2.45, 2.75) is 45.1 Å². The van der Waals surface area contributed by atoms with Crippen molar-refractivity contribution in [3.05, 3.63) is 75.7 Å². The second-order valence-corrected chi connectivity index (χ2v) is 7.55. The van der Waals surface area contributed by atoms with Gasteiger partial charge in [-0.3, -0.25) is 9.59 Å². The third-order valence-corrected chi connectivity index (χ3v) is 4.52. The number of benzene rings is 1. The number of pyridine rings is 1. The predicted octanol–water partition coefficient (Wildman–Crippen LogP) is 3.38. The molecule has 1 aromatic carbocycles. The Morgan fingerprint density at radius 1 is 1.08 bits per heavy atom. The largest absolute Gasteiger partial charge is 0.350 e. The van der Waals surface area contributed by atoms with Gasteiger partial charge in [0.05, 0.1) is 0 Å². The van der Waals surface area contributed by atoms with E-state index in [2.05, 4.69) is 55.3 Å². The van der Waals surface area contributed by atoms with Crippen LogP contribution in [0.4, 0.5) is 0 Å². The molecule has 1 amide bonds. The molecule has 2 heterocycles. The summed E-state index contributed by atoms with van der Waals surface area (Å²) in [6.45, 7) is 6.55. The van der Waals surface area contributed by atoms with Gasteiger partial charge in [-0.2, -0.15) is 0 Å². The quantitative estimate of drug-likeness (QED) is 0.902. The van der Waals surface area contributed by atoms with E-state index in [1.165, 1.54) is 11.6 Å². The Hall–Kier alpha value is -2.62. The molecule has 0 radical (unpaired) electrons. The van der Waals surface area contributed by atoms with Crippen LogP contribution < -0.4 is 10.9 Å². The van der Waals surface area contributed by atoms with E-state index in [1.807, 2.05) is 12.1 Å². The van der Waals surface area contributed by atoms with Crippen LogP contribution in [0.5, 0.6) is 0 Å². The molecular formula is C21H24N2O2. The lowest BCUT2D eigenvalue weighted by molar-refractivity contribution is -0.119. The summed E-state index contributed by atoms with van der Waals surface area (Å²) >= 11 is 0. The highest BCUT2D eigenvalue weighted by Gasteiger charge is 2.20. The summed E-state index contributed by atoms with van der Waals surface area (Å²) in [6.07, 6.45) is 3.37. The van der Waals surface area contributed by atoms with Crippen LogP contribution in [0.25, 0.3) is 5.57 Å². The summed E-state index contributed by atoms with van der Waals surface area (Å²) in [5.41, 5.74) is 3.93. The first kappa shape index (κ1) is 17.2. The average molecular weight is 336 g/mol. The average Bonchev–Trinajstić information content (AvgIpc) is 2.97. The minimum absolute atomic E-state index is 0.00602. The Morgan fingerprint density at radius 3 is 2.36 bits per heavy atom. The first-order valence-electron chi connectivity index (χ1n) is 8.65.